The highest BCUT2D eigenvalue weighted by Crippen LogP contribution is 2.23. The summed E-state index contributed by atoms with van der Waals surface area (Å²) in [7, 11) is 0. The van der Waals surface area contributed by atoms with Crippen LogP contribution in [0.3, 0.4) is 0 Å². The van der Waals surface area contributed by atoms with Gasteiger partial charge >= 0.3 is 0 Å². The molecule has 0 saturated carbocycles. The highest BCUT2D eigenvalue weighted by Gasteiger charge is 2.25. The van der Waals surface area contributed by atoms with E-state index in [1.54, 1.807) is 5.51 Å². The van der Waals surface area contributed by atoms with Crippen LogP contribution in [-0.2, 0) is 6.42 Å². The number of hydrogen-bond donors (Lipinski definition) is 0. The molecule has 1 fully saturated rings. The van der Waals surface area contributed by atoms with Crippen LogP contribution in [0.2, 0.25) is 0 Å². The van der Waals surface area contributed by atoms with Gasteiger partial charge in [-0.05, 0) is 37.2 Å². The molecule has 1 aliphatic rings. The first-order valence-electron chi connectivity index (χ1n) is 7.54. The average molecular weight is 300 g/mol. The maximum absolute atomic E-state index is 12.4. The third kappa shape index (κ3) is 3.70. The molecule has 1 aliphatic heterocycles. The van der Waals surface area contributed by atoms with E-state index in [4.69, 9.17) is 0 Å². The number of nitrogens with zero attached hydrogens (tertiary/aromatic N) is 2. The zero-order valence-electron chi connectivity index (χ0n) is 12.1. The Morgan fingerprint density at radius 2 is 2.19 bits per heavy atom. The maximum Gasteiger partial charge on any atom is 0.273 e. The molecule has 1 saturated heterocycles. The van der Waals surface area contributed by atoms with Crippen molar-refractivity contribution in [2.45, 2.75) is 25.7 Å². The minimum Gasteiger partial charge on any atom is -0.337 e. The van der Waals surface area contributed by atoms with E-state index >= 15 is 0 Å². The van der Waals surface area contributed by atoms with E-state index in [0.717, 1.165) is 32.4 Å². The van der Waals surface area contributed by atoms with Crippen LogP contribution in [0.25, 0.3) is 0 Å². The van der Waals surface area contributed by atoms with Gasteiger partial charge in [-0.25, -0.2) is 4.98 Å². The monoisotopic (exact) mass is 300 g/mol. The zero-order chi connectivity index (χ0) is 14.5. The van der Waals surface area contributed by atoms with Crippen molar-refractivity contribution in [3.05, 3.63) is 52.5 Å². The standard InChI is InChI=1S/C17H20N2OS/c20-17(16-12-21-13-18-16)19-10-4-7-15(11-19)9-8-14-5-2-1-3-6-14/h1-3,5-6,12-13,15H,4,7-11H2/t15-/m0/s1. The van der Waals surface area contributed by atoms with Crippen molar-refractivity contribution in [1.82, 2.24) is 9.88 Å². The van der Waals surface area contributed by atoms with Crippen LogP contribution >= 0.6 is 11.3 Å². The minimum atomic E-state index is 0.0978. The molecule has 0 unspecified atom stereocenters. The van der Waals surface area contributed by atoms with Gasteiger partial charge in [-0.3, -0.25) is 4.79 Å². The zero-order valence-corrected chi connectivity index (χ0v) is 12.9. The van der Waals surface area contributed by atoms with Crippen LogP contribution in [0.5, 0.6) is 0 Å². The number of aromatic nitrogens is 1. The Labute approximate surface area is 129 Å². The number of rotatable bonds is 4. The van der Waals surface area contributed by atoms with Gasteiger partial charge < -0.3 is 4.90 Å². The molecule has 110 valence electrons. The largest absolute Gasteiger partial charge is 0.337 e. The molecule has 4 heteroatoms. The first-order valence-corrected chi connectivity index (χ1v) is 8.48. The van der Waals surface area contributed by atoms with Crippen LogP contribution in [-0.4, -0.2) is 28.9 Å². The summed E-state index contributed by atoms with van der Waals surface area (Å²) in [6.45, 7) is 1.75. The van der Waals surface area contributed by atoms with E-state index in [-0.39, 0.29) is 5.91 Å². The highest BCUT2D eigenvalue weighted by atomic mass is 32.1. The molecule has 1 atom stereocenters. The second-order valence-corrected chi connectivity index (χ2v) is 6.38. The molecule has 0 spiro atoms. The molecule has 1 amide bonds. The van der Waals surface area contributed by atoms with Gasteiger partial charge in [0, 0.05) is 18.5 Å². The summed E-state index contributed by atoms with van der Waals surface area (Å²) < 4.78 is 0. The Morgan fingerprint density at radius 3 is 2.95 bits per heavy atom. The van der Waals surface area contributed by atoms with Crippen molar-refractivity contribution in [2.75, 3.05) is 13.1 Å². The first kappa shape index (κ1) is 14.3. The Balaban J connectivity index is 1.55. The van der Waals surface area contributed by atoms with Gasteiger partial charge in [-0.1, -0.05) is 30.3 Å². The molecule has 1 aromatic heterocycles. The van der Waals surface area contributed by atoms with Crippen molar-refractivity contribution in [1.29, 1.82) is 0 Å². The number of carbonyl (C=O) groups excluding carboxylic acids is 1. The fourth-order valence-electron chi connectivity index (χ4n) is 2.98. The smallest absolute Gasteiger partial charge is 0.273 e. The summed E-state index contributed by atoms with van der Waals surface area (Å²) in [5, 5.41) is 1.84. The Morgan fingerprint density at radius 1 is 1.33 bits per heavy atom. The predicted octanol–water partition coefficient (Wildman–Crippen LogP) is 3.63. The number of carbonyl (C=O) groups is 1. The third-order valence-corrected chi connectivity index (χ3v) is 4.73. The number of benzene rings is 1. The molecule has 21 heavy (non-hydrogen) atoms. The fraction of sp³-hybridized carbons (Fsp3) is 0.412. The van der Waals surface area contributed by atoms with Crippen molar-refractivity contribution < 1.29 is 4.79 Å². The summed E-state index contributed by atoms with van der Waals surface area (Å²) in [5.74, 6) is 0.710. The molecule has 0 radical (unpaired) electrons. The average Bonchev–Trinajstić information content (AvgIpc) is 3.08. The number of aryl methyl sites for hydroxylation is 1. The molecule has 0 N–H and O–H groups in total. The topological polar surface area (TPSA) is 33.2 Å². The lowest BCUT2D eigenvalue weighted by Crippen LogP contribution is -2.40. The number of thiazole rings is 1. The van der Waals surface area contributed by atoms with E-state index in [9.17, 15) is 4.79 Å². The molecular formula is C17H20N2OS. The molecule has 3 nitrogen and oxygen atoms in total. The second-order valence-electron chi connectivity index (χ2n) is 5.66. The number of hydrogen-bond acceptors (Lipinski definition) is 3. The molecule has 3 rings (SSSR count). The van der Waals surface area contributed by atoms with Crippen molar-refractivity contribution >= 4 is 17.2 Å². The molecule has 0 bridgehead atoms. The van der Waals surface area contributed by atoms with E-state index in [1.165, 1.54) is 23.3 Å². The molecule has 0 aliphatic carbocycles. The van der Waals surface area contributed by atoms with Gasteiger partial charge in [0.05, 0.1) is 5.51 Å². The first-order chi connectivity index (χ1) is 10.3. The Hall–Kier alpha value is -1.68. The summed E-state index contributed by atoms with van der Waals surface area (Å²) in [6, 6.07) is 10.6. The van der Waals surface area contributed by atoms with Gasteiger partial charge in [0.15, 0.2) is 0 Å². The van der Waals surface area contributed by atoms with Crippen LogP contribution in [0.15, 0.2) is 41.2 Å². The number of piperidine rings is 1. The lowest BCUT2D eigenvalue weighted by atomic mass is 9.91. The molecule has 1 aromatic carbocycles. The summed E-state index contributed by atoms with van der Waals surface area (Å²) in [6.07, 6.45) is 4.60. The van der Waals surface area contributed by atoms with E-state index in [1.807, 2.05) is 10.3 Å². The lowest BCUT2D eigenvalue weighted by molar-refractivity contribution is 0.0663. The molecule has 2 heterocycles. The van der Waals surface area contributed by atoms with E-state index in [2.05, 4.69) is 35.3 Å². The van der Waals surface area contributed by atoms with E-state index in [0.29, 0.717) is 11.6 Å². The van der Waals surface area contributed by atoms with Crippen molar-refractivity contribution in [3.8, 4) is 0 Å². The lowest BCUT2D eigenvalue weighted by Gasteiger charge is -2.32. The Bertz CT molecular complexity index is 568. The van der Waals surface area contributed by atoms with Gasteiger partial charge in [-0.2, -0.15) is 0 Å². The predicted molar refractivity (Wildman–Crippen MR) is 85.5 cm³/mol. The summed E-state index contributed by atoms with van der Waals surface area (Å²) >= 11 is 1.48. The SMILES string of the molecule is O=C(c1cscn1)N1CCC[C@@H](CCc2ccccc2)C1. The second kappa shape index (κ2) is 6.85. The highest BCUT2D eigenvalue weighted by molar-refractivity contribution is 7.07. The van der Waals surface area contributed by atoms with Gasteiger partial charge in [0.1, 0.15) is 5.69 Å². The molecular weight excluding hydrogens is 280 g/mol. The van der Waals surface area contributed by atoms with E-state index < -0.39 is 0 Å². The van der Waals surface area contributed by atoms with Crippen LogP contribution in [0.4, 0.5) is 0 Å². The van der Waals surface area contributed by atoms with Crippen LogP contribution in [0, 0.1) is 5.92 Å². The van der Waals surface area contributed by atoms with Gasteiger partial charge in [-0.15, -0.1) is 11.3 Å². The van der Waals surface area contributed by atoms with Crippen molar-refractivity contribution in [2.24, 2.45) is 5.92 Å². The Kier molecular flexibility index (Phi) is 4.65. The van der Waals surface area contributed by atoms with Crippen LogP contribution < -0.4 is 0 Å². The summed E-state index contributed by atoms with van der Waals surface area (Å²) in [5.41, 5.74) is 3.72. The molecule has 2 aromatic rings. The van der Waals surface area contributed by atoms with Gasteiger partial charge in [0.2, 0.25) is 0 Å². The summed E-state index contributed by atoms with van der Waals surface area (Å²) in [4.78, 5) is 18.5. The normalized spacial score (nSPS) is 18.7. The maximum atomic E-state index is 12.4. The third-order valence-electron chi connectivity index (χ3n) is 4.14. The fourth-order valence-corrected chi connectivity index (χ4v) is 3.51. The van der Waals surface area contributed by atoms with Gasteiger partial charge in [0.25, 0.3) is 5.91 Å². The van der Waals surface area contributed by atoms with Crippen LogP contribution in [0.1, 0.15) is 35.3 Å². The number of likely N-dealkylation sites (tertiary alicyclic amines) is 1. The minimum absolute atomic E-state index is 0.0978. The quantitative estimate of drug-likeness (QED) is 0.864. The number of amides is 1. The van der Waals surface area contributed by atoms with Crippen molar-refractivity contribution in [3.63, 3.8) is 0 Å².